The fourth-order valence-electron chi connectivity index (χ4n) is 1.79. The molecule has 0 amide bonds. The fraction of sp³-hybridized carbons (Fsp3) is 0.385. The van der Waals surface area contributed by atoms with E-state index in [1.54, 1.807) is 17.4 Å². The third-order valence-corrected chi connectivity index (χ3v) is 7.73. The molecule has 2 aromatic heterocycles. The molecule has 2 aromatic rings. The van der Waals surface area contributed by atoms with E-state index in [-0.39, 0.29) is 0 Å². The second kappa shape index (κ2) is 7.34. The van der Waals surface area contributed by atoms with Crippen molar-refractivity contribution in [3.63, 3.8) is 0 Å². The molecule has 0 atom stereocenters. The smallest absolute Gasteiger partial charge is 0.242 e. The van der Waals surface area contributed by atoms with Gasteiger partial charge >= 0.3 is 0 Å². The zero-order valence-electron chi connectivity index (χ0n) is 11.8. The molecule has 0 saturated heterocycles. The molecule has 21 heavy (non-hydrogen) atoms. The van der Waals surface area contributed by atoms with Crippen LogP contribution in [0.4, 0.5) is 0 Å². The summed E-state index contributed by atoms with van der Waals surface area (Å²) in [5.41, 5.74) is 0. The van der Waals surface area contributed by atoms with Gasteiger partial charge in [-0.2, -0.15) is 0 Å². The van der Waals surface area contributed by atoms with Gasteiger partial charge in [-0.05, 0) is 47.6 Å². The van der Waals surface area contributed by atoms with Gasteiger partial charge in [0.05, 0.1) is 3.79 Å². The highest BCUT2D eigenvalue weighted by molar-refractivity contribution is 9.11. The van der Waals surface area contributed by atoms with Crippen molar-refractivity contribution in [1.29, 1.82) is 0 Å². The molecule has 0 bridgehead atoms. The van der Waals surface area contributed by atoms with E-state index < -0.39 is 10.0 Å². The van der Waals surface area contributed by atoms with E-state index in [4.69, 9.17) is 0 Å². The minimum atomic E-state index is -3.49. The number of sulfonamides is 1. The third kappa shape index (κ3) is 4.37. The molecule has 0 aromatic carbocycles. The summed E-state index contributed by atoms with van der Waals surface area (Å²) in [5.74, 6) is 0. The largest absolute Gasteiger partial charge is 0.315 e. The number of hydrogen-bond donors (Lipinski definition) is 2. The number of rotatable bonds is 7. The molecule has 2 rings (SSSR count). The van der Waals surface area contributed by atoms with Crippen molar-refractivity contribution < 1.29 is 8.42 Å². The van der Waals surface area contributed by atoms with Crippen LogP contribution in [0.1, 0.15) is 21.6 Å². The van der Waals surface area contributed by atoms with E-state index in [1.807, 2.05) is 19.2 Å². The lowest BCUT2D eigenvalue weighted by Gasteiger charge is -2.04. The van der Waals surface area contributed by atoms with Crippen molar-refractivity contribution in [3.8, 4) is 0 Å². The lowest BCUT2D eigenvalue weighted by molar-refractivity contribution is 0.581. The van der Waals surface area contributed by atoms with Crippen molar-refractivity contribution in [2.75, 3.05) is 7.05 Å². The maximum Gasteiger partial charge on any atom is 0.242 e. The van der Waals surface area contributed by atoms with Crippen LogP contribution in [0.2, 0.25) is 0 Å². The first-order valence-electron chi connectivity index (χ1n) is 6.46. The number of nitrogens with one attached hydrogen (secondary N) is 2. The van der Waals surface area contributed by atoms with Crippen molar-refractivity contribution in [3.05, 3.63) is 36.6 Å². The molecule has 0 radical (unpaired) electrons. The maximum atomic E-state index is 12.4. The molecule has 2 heterocycles. The predicted molar refractivity (Wildman–Crippen MR) is 92.5 cm³/mol. The number of halogens is 1. The summed E-state index contributed by atoms with van der Waals surface area (Å²) >= 11 is 6.41. The first-order chi connectivity index (χ1) is 9.96. The standard InChI is InChI=1S/C13H17BrN2O2S3/c1-3-9-4-5-10(19-9)8-16-21(17,18)12-6-11(7-15-2)20-13(12)14/h4-6,15-16H,3,7-8H2,1-2H3. The summed E-state index contributed by atoms with van der Waals surface area (Å²) in [6.07, 6.45) is 0.973. The lowest BCUT2D eigenvalue weighted by atomic mass is 10.4. The van der Waals surface area contributed by atoms with Crippen LogP contribution in [0.5, 0.6) is 0 Å². The van der Waals surface area contributed by atoms with Crippen LogP contribution in [0.25, 0.3) is 0 Å². The van der Waals surface area contributed by atoms with Crippen molar-refractivity contribution in [2.24, 2.45) is 0 Å². The molecule has 0 aliphatic carbocycles. The van der Waals surface area contributed by atoms with Gasteiger partial charge < -0.3 is 5.32 Å². The van der Waals surface area contributed by atoms with Crippen molar-refractivity contribution in [1.82, 2.24) is 10.0 Å². The predicted octanol–water partition coefficient (Wildman–Crippen LogP) is 3.33. The highest BCUT2D eigenvalue weighted by atomic mass is 79.9. The van der Waals surface area contributed by atoms with Gasteiger partial charge in [-0.15, -0.1) is 22.7 Å². The molecule has 0 spiro atoms. The Morgan fingerprint density at radius 2 is 1.86 bits per heavy atom. The van der Waals surface area contributed by atoms with Crippen LogP contribution in [0.3, 0.4) is 0 Å². The molecule has 4 nitrogen and oxygen atoms in total. The second-order valence-corrected chi connectivity index (χ2v) is 9.87. The number of hydrogen-bond acceptors (Lipinski definition) is 5. The first-order valence-corrected chi connectivity index (χ1v) is 10.4. The van der Waals surface area contributed by atoms with Gasteiger partial charge in [-0.25, -0.2) is 13.1 Å². The van der Waals surface area contributed by atoms with E-state index in [2.05, 4.69) is 32.9 Å². The van der Waals surface area contributed by atoms with Gasteiger partial charge in [0.1, 0.15) is 4.90 Å². The Morgan fingerprint density at radius 1 is 1.14 bits per heavy atom. The molecule has 0 unspecified atom stereocenters. The lowest BCUT2D eigenvalue weighted by Crippen LogP contribution is -2.22. The quantitative estimate of drug-likeness (QED) is 0.738. The molecule has 0 aliphatic rings. The molecule has 0 aliphatic heterocycles. The number of aryl methyl sites for hydroxylation is 1. The van der Waals surface area contributed by atoms with Crippen LogP contribution in [0.15, 0.2) is 26.9 Å². The maximum absolute atomic E-state index is 12.4. The molecule has 116 valence electrons. The molecular weight excluding hydrogens is 392 g/mol. The Morgan fingerprint density at radius 3 is 2.48 bits per heavy atom. The van der Waals surface area contributed by atoms with E-state index in [1.165, 1.54) is 16.2 Å². The van der Waals surface area contributed by atoms with Crippen LogP contribution in [-0.2, 0) is 29.5 Å². The molecule has 2 N–H and O–H groups in total. The van der Waals surface area contributed by atoms with Crippen LogP contribution >= 0.6 is 38.6 Å². The van der Waals surface area contributed by atoms with E-state index in [9.17, 15) is 8.42 Å². The zero-order valence-corrected chi connectivity index (χ0v) is 15.8. The van der Waals surface area contributed by atoms with Gasteiger partial charge in [-0.3, -0.25) is 0 Å². The zero-order chi connectivity index (χ0) is 15.5. The van der Waals surface area contributed by atoms with Gasteiger partial charge in [-0.1, -0.05) is 6.92 Å². The van der Waals surface area contributed by atoms with Gasteiger partial charge in [0.15, 0.2) is 0 Å². The summed E-state index contributed by atoms with van der Waals surface area (Å²) in [6, 6.07) is 5.72. The van der Waals surface area contributed by atoms with Crippen LogP contribution in [0, 0.1) is 0 Å². The third-order valence-electron chi connectivity index (χ3n) is 2.85. The topological polar surface area (TPSA) is 58.2 Å². The van der Waals surface area contributed by atoms with Crippen molar-refractivity contribution >= 4 is 48.6 Å². The molecular formula is C13H17BrN2O2S3. The summed E-state index contributed by atoms with van der Waals surface area (Å²) in [6.45, 7) is 3.08. The van der Waals surface area contributed by atoms with Gasteiger partial charge in [0.2, 0.25) is 10.0 Å². The second-order valence-electron chi connectivity index (χ2n) is 4.43. The summed E-state index contributed by atoms with van der Waals surface area (Å²) in [5, 5.41) is 3.02. The summed E-state index contributed by atoms with van der Waals surface area (Å²) in [7, 11) is -1.66. The molecule has 0 fully saturated rings. The average Bonchev–Trinajstić information content (AvgIpc) is 3.04. The Labute approximate surface area is 141 Å². The van der Waals surface area contributed by atoms with Crippen LogP contribution in [-0.4, -0.2) is 15.5 Å². The SMILES string of the molecule is CCc1ccc(CNS(=O)(=O)c2cc(CNC)sc2Br)s1. The van der Waals surface area contributed by atoms with Gasteiger partial charge in [0.25, 0.3) is 0 Å². The fourth-order valence-corrected chi connectivity index (χ4v) is 6.48. The minimum absolute atomic E-state index is 0.310. The van der Waals surface area contributed by atoms with E-state index in [0.29, 0.717) is 21.8 Å². The van der Waals surface area contributed by atoms with Crippen LogP contribution < -0.4 is 10.0 Å². The van der Waals surface area contributed by atoms with E-state index >= 15 is 0 Å². The Balaban J connectivity index is 2.10. The molecule has 0 saturated carbocycles. The highest BCUT2D eigenvalue weighted by Gasteiger charge is 2.20. The average molecular weight is 409 g/mol. The normalized spacial score (nSPS) is 12.0. The Kier molecular flexibility index (Phi) is 5.98. The summed E-state index contributed by atoms with van der Waals surface area (Å²) < 4.78 is 28.0. The Bertz CT molecular complexity index is 707. The van der Waals surface area contributed by atoms with E-state index in [0.717, 1.165) is 16.2 Å². The first kappa shape index (κ1) is 17.1. The molecule has 8 heteroatoms. The summed E-state index contributed by atoms with van der Waals surface area (Å²) in [4.78, 5) is 3.58. The van der Waals surface area contributed by atoms with Gasteiger partial charge in [0, 0.05) is 27.7 Å². The highest BCUT2D eigenvalue weighted by Crippen LogP contribution is 2.31. The number of thiophene rings is 2. The van der Waals surface area contributed by atoms with Crippen molar-refractivity contribution in [2.45, 2.75) is 31.3 Å². The monoisotopic (exact) mass is 408 g/mol. The minimum Gasteiger partial charge on any atom is -0.315 e. The Hall–Kier alpha value is -0.250.